The van der Waals surface area contributed by atoms with Crippen LogP contribution in [-0.4, -0.2) is 20.1 Å². The summed E-state index contributed by atoms with van der Waals surface area (Å²) in [5.74, 6) is 0. The van der Waals surface area contributed by atoms with Crippen molar-refractivity contribution in [3.05, 3.63) is 29.8 Å². The molecule has 0 saturated heterocycles. The van der Waals surface area contributed by atoms with Gasteiger partial charge in [0.1, 0.15) is 0 Å². The second-order valence-corrected chi connectivity index (χ2v) is 5.30. The topological polar surface area (TPSA) is 83.6 Å². The van der Waals surface area contributed by atoms with E-state index in [1.165, 1.54) is 0 Å². The molecule has 1 heterocycles. The van der Waals surface area contributed by atoms with Crippen LogP contribution in [0, 0.1) is 0 Å². The van der Waals surface area contributed by atoms with Gasteiger partial charge in [-0.2, -0.15) is 8.42 Å². The number of fused-ring (bicyclic) bond motifs is 1. The second kappa shape index (κ2) is 4.04. The largest absolute Gasteiger partial charge is 0.388 e. The van der Waals surface area contributed by atoms with Crippen molar-refractivity contribution in [1.82, 2.24) is 0 Å². The lowest BCUT2D eigenvalue weighted by molar-refractivity contribution is 0.168. The van der Waals surface area contributed by atoms with Gasteiger partial charge < -0.3 is 5.11 Å². The van der Waals surface area contributed by atoms with Gasteiger partial charge in [-0.3, -0.25) is 4.31 Å². The number of para-hydroxylation sites is 1. The van der Waals surface area contributed by atoms with Crippen LogP contribution in [0.2, 0.25) is 0 Å². The van der Waals surface area contributed by atoms with E-state index >= 15 is 0 Å². The Labute approximate surface area is 94.7 Å². The third-order valence-corrected chi connectivity index (χ3v) is 3.70. The molecule has 1 atom stereocenters. The molecule has 0 aliphatic carbocycles. The molecule has 1 aliphatic heterocycles. The second-order valence-electron chi connectivity index (χ2n) is 3.83. The molecule has 3 N–H and O–H groups in total. The van der Waals surface area contributed by atoms with E-state index in [9.17, 15) is 13.5 Å². The highest BCUT2D eigenvalue weighted by Crippen LogP contribution is 2.33. The minimum Gasteiger partial charge on any atom is -0.388 e. The zero-order chi connectivity index (χ0) is 11.8. The summed E-state index contributed by atoms with van der Waals surface area (Å²) in [6.45, 7) is 0.312. The van der Waals surface area contributed by atoms with Crippen LogP contribution < -0.4 is 9.44 Å². The molecule has 1 unspecified atom stereocenters. The number of anilines is 1. The summed E-state index contributed by atoms with van der Waals surface area (Å²) in [5, 5.41) is 15.0. The van der Waals surface area contributed by atoms with Crippen molar-refractivity contribution in [3.8, 4) is 0 Å². The number of aliphatic hydroxyl groups excluding tert-OH is 1. The molecule has 88 valence electrons. The quantitative estimate of drug-likeness (QED) is 0.753. The van der Waals surface area contributed by atoms with Gasteiger partial charge >= 0.3 is 0 Å². The van der Waals surface area contributed by atoms with Crippen molar-refractivity contribution < 1.29 is 13.5 Å². The Morgan fingerprint density at radius 3 is 2.75 bits per heavy atom. The molecule has 0 fully saturated rings. The number of aliphatic hydroxyl groups is 1. The lowest BCUT2D eigenvalue weighted by atomic mass is 10.1. The average molecular weight is 242 g/mol. The number of nitrogens with two attached hydrogens (primary N) is 1. The first-order chi connectivity index (χ1) is 7.50. The number of rotatable bonds is 1. The van der Waals surface area contributed by atoms with Gasteiger partial charge in [-0.1, -0.05) is 18.2 Å². The summed E-state index contributed by atoms with van der Waals surface area (Å²) < 4.78 is 24.0. The van der Waals surface area contributed by atoms with Crippen LogP contribution in [0.3, 0.4) is 0 Å². The summed E-state index contributed by atoms with van der Waals surface area (Å²) in [6, 6.07) is 6.89. The molecule has 1 aromatic carbocycles. The maximum atomic E-state index is 11.4. The van der Waals surface area contributed by atoms with Crippen LogP contribution in [0.15, 0.2) is 24.3 Å². The first-order valence-corrected chi connectivity index (χ1v) is 6.58. The standard InChI is InChI=1S/C10H14N2O3S/c11-16(14,15)12-7-3-6-10(13)8-4-1-2-5-9(8)12/h1-2,4-5,10,13H,3,6-7H2,(H2,11,14,15). The van der Waals surface area contributed by atoms with Gasteiger partial charge in [0.15, 0.2) is 0 Å². The van der Waals surface area contributed by atoms with Crippen molar-refractivity contribution in [2.24, 2.45) is 5.14 Å². The maximum Gasteiger partial charge on any atom is 0.299 e. The Kier molecular flexibility index (Phi) is 2.88. The lowest BCUT2D eigenvalue weighted by Gasteiger charge is -2.21. The first kappa shape index (κ1) is 11.4. The van der Waals surface area contributed by atoms with Crippen molar-refractivity contribution in [2.45, 2.75) is 18.9 Å². The Bertz CT molecular complexity index is 487. The zero-order valence-electron chi connectivity index (χ0n) is 8.70. The van der Waals surface area contributed by atoms with E-state index < -0.39 is 16.3 Å². The molecule has 0 saturated carbocycles. The first-order valence-electron chi connectivity index (χ1n) is 5.07. The van der Waals surface area contributed by atoms with Crippen molar-refractivity contribution in [2.75, 3.05) is 10.8 Å². The molecule has 2 rings (SSSR count). The summed E-state index contributed by atoms with van der Waals surface area (Å²) in [5.41, 5.74) is 1.10. The fourth-order valence-electron chi connectivity index (χ4n) is 1.96. The van der Waals surface area contributed by atoms with Gasteiger partial charge in [-0.05, 0) is 18.9 Å². The van der Waals surface area contributed by atoms with Crippen LogP contribution in [-0.2, 0) is 10.2 Å². The number of nitrogens with zero attached hydrogens (tertiary/aromatic N) is 1. The predicted molar refractivity (Wildman–Crippen MR) is 61.1 cm³/mol. The third-order valence-electron chi connectivity index (χ3n) is 2.71. The fourth-order valence-corrected chi connectivity index (χ4v) is 2.79. The van der Waals surface area contributed by atoms with E-state index in [2.05, 4.69) is 0 Å². The van der Waals surface area contributed by atoms with Crippen molar-refractivity contribution >= 4 is 15.9 Å². The summed E-state index contributed by atoms with van der Waals surface area (Å²) in [7, 11) is -3.76. The summed E-state index contributed by atoms with van der Waals surface area (Å²) in [4.78, 5) is 0. The van der Waals surface area contributed by atoms with Crippen LogP contribution in [0.5, 0.6) is 0 Å². The molecule has 1 aromatic rings. The minimum atomic E-state index is -3.76. The van der Waals surface area contributed by atoms with E-state index in [4.69, 9.17) is 5.14 Å². The lowest BCUT2D eigenvalue weighted by Crippen LogP contribution is -2.37. The van der Waals surface area contributed by atoms with Gasteiger partial charge in [0.2, 0.25) is 0 Å². The van der Waals surface area contributed by atoms with Gasteiger partial charge in [0.05, 0.1) is 11.8 Å². The third kappa shape index (κ3) is 2.04. The molecule has 0 amide bonds. The van der Waals surface area contributed by atoms with E-state index in [0.717, 1.165) is 4.31 Å². The summed E-state index contributed by atoms with van der Waals surface area (Å²) >= 11 is 0. The highest BCUT2D eigenvalue weighted by molar-refractivity contribution is 7.90. The van der Waals surface area contributed by atoms with Gasteiger partial charge in [0.25, 0.3) is 10.2 Å². The Morgan fingerprint density at radius 2 is 2.06 bits per heavy atom. The number of hydrogen-bond acceptors (Lipinski definition) is 3. The van der Waals surface area contributed by atoms with E-state index in [0.29, 0.717) is 30.6 Å². The number of hydrogen-bond donors (Lipinski definition) is 2. The SMILES string of the molecule is NS(=O)(=O)N1CCCC(O)c2ccccc21. The van der Waals surface area contributed by atoms with E-state index in [-0.39, 0.29) is 0 Å². The number of benzene rings is 1. The molecular weight excluding hydrogens is 228 g/mol. The highest BCUT2D eigenvalue weighted by atomic mass is 32.2. The van der Waals surface area contributed by atoms with Crippen LogP contribution in [0.4, 0.5) is 5.69 Å². The molecule has 0 spiro atoms. The predicted octanol–water partition coefficient (Wildman–Crippen LogP) is 0.524. The molecule has 6 heteroatoms. The van der Waals surface area contributed by atoms with E-state index in [1.807, 2.05) is 0 Å². The van der Waals surface area contributed by atoms with Crippen molar-refractivity contribution in [1.29, 1.82) is 0 Å². The maximum absolute atomic E-state index is 11.4. The molecule has 5 nitrogen and oxygen atoms in total. The fraction of sp³-hybridized carbons (Fsp3) is 0.400. The smallest absolute Gasteiger partial charge is 0.299 e. The zero-order valence-corrected chi connectivity index (χ0v) is 9.52. The van der Waals surface area contributed by atoms with Crippen LogP contribution in [0.1, 0.15) is 24.5 Å². The van der Waals surface area contributed by atoms with E-state index in [1.54, 1.807) is 24.3 Å². The molecule has 0 radical (unpaired) electrons. The monoisotopic (exact) mass is 242 g/mol. The Balaban J connectivity index is 2.56. The molecule has 0 aromatic heterocycles. The minimum absolute atomic E-state index is 0.312. The Hall–Kier alpha value is -1.11. The summed E-state index contributed by atoms with van der Waals surface area (Å²) in [6.07, 6.45) is 0.512. The van der Waals surface area contributed by atoms with Gasteiger partial charge in [-0.15, -0.1) is 0 Å². The Morgan fingerprint density at radius 1 is 1.38 bits per heavy atom. The normalized spacial score (nSPS) is 21.4. The van der Waals surface area contributed by atoms with Crippen LogP contribution >= 0.6 is 0 Å². The molecule has 1 aliphatic rings. The highest BCUT2D eigenvalue weighted by Gasteiger charge is 2.26. The van der Waals surface area contributed by atoms with Crippen molar-refractivity contribution in [3.63, 3.8) is 0 Å². The van der Waals surface area contributed by atoms with Gasteiger partial charge in [0, 0.05) is 12.1 Å². The molecule has 16 heavy (non-hydrogen) atoms. The average Bonchev–Trinajstić information content (AvgIpc) is 2.38. The van der Waals surface area contributed by atoms with Crippen LogP contribution in [0.25, 0.3) is 0 Å². The molecule has 0 bridgehead atoms. The molecular formula is C10H14N2O3S. The van der Waals surface area contributed by atoms with Gasteiger partial charge in [-0.25, -0.2) is 5.14 Å².